The number of carbonyl (C=O) groups is 1. The van der Waals surface area contributed by atoms with Crippen LogP contribution in [0.25, 0.3) is 0 Å². The van der Waals surface area contributed by atoms with Crippen molar-refractivity contribution < 1.29 is 19.0 Å². The van der Waals surface area contributed by atoms with Gasteiger partial charge in [-0.15, -0.1) is 0 Å². The van der Waals surface area contributed by atoms with Crippen molar-refractivity contribution in [3.8, 4) is 11.5 Å². The van der Waals surface area contributed by atoms with E-state index in [1.807, 2.05) is 69.3 Å². The molecule has 0 aromatic heterocycles. The lowest BCUT2D eigenvalue weighted by Gasteiger charge is -2.23. The fourth-order valence-corrected chi connectivity index (χ4v) is 2.67. The van der Waals surface area contributed by atoms with Crippen LogP contribution >= 0.6 is 0 Å². The molecule has 4 heteroatoms. The fourth-order valence-electron chi connectivity index (χ4n) is 2.67. The number of rotatable bonds is 6. The third kappa shape index (κ3) is 5.52. The molecule has 134 valence electrons. The summed E-state index contributed by atoms with van der Waals surface area (Å²) in [4.78, 5) is 12.4. The van der Waals surface area contributed by atoms with Gasteiger partial charge in [0.15, 0.2) is 0 Å². The van der Waals surface area contributed by atoms with Gasteiger partial charge in [0.1, 0.15) is 17.1 Å². The van der Waals surface area contributed by atoms with E-state index in [1.54, 1.807) is 14.2 Å². The van der Waals surface area contributed by atoms with Crippen molar-refractivity contribution >= 4 is 5.97 Å². The zero-order valence-corrected chi connectivity index (χ0v) is 15.5. The van der Waals surface area contributed by atoms with Crippen LogP contribution in [0, 0.1) is 0 Å². The lowest BCUT2D eigenvalue weighted by atomic mass is 9.88. The first-order valence-corrected chi connectivity index (χ1v) is 8.32. The number of methoxy groups -OCH3 is 2. The first-order valence-electron chi connectivity index (χ1n) is 8.32. The van der Waals surface area contributed by atoms with Crippen molar-refractivity contribution in [3.05, 3.63) is 59.7 Å². The molecular weight excluding hydrogens is 316 g/mol. The van der Waals surface area contributed by atoms with Crippen LogP contribution in [0.3, 0.4) is 0 Å². The molecule has 0 N–H and O–H groups in total. The highest BCUT2D eigenvalue weighted by Gasteiger charge is 2.23. The van der Waals surface area contributed by atoms with Crippen LogP contribution in [0.1, 0.15) is 44.2 Å². The smallest absolute Gasteiger partial charge is 0.307 e. The number of hydrogen-bond donors (Lipinski definition) is 0. The van der Waals surface area contributed by atoms with Crippen LogP contribution in [0.5, 0.6) is 11.5 Å². The quantitative estimate of drug-likeness (QED) is 0.722. The van der Waals surface area contributed by atoms with E-state index in [-0.39, 0.29) is 18.3 Å². The summed E-state index contributed by atoms with van der Waals surface area (Å²) in [6, 6.07) is 15.5. The van der Waals surface area contributed by atoms with Crippen molar-refractivity contribution in [3.63, 3.8) is 0 Å². The number of esters is 1. The highest BCUT2D eigenvalue weighted by atomic mass is 16.6. The maximum atomic E-state index is 12.4. The van der Waals surface area contributed by atoms with E-state index in [0.29, 0.717) is 0 Å². The van der Waals surface area contributed by atoms with E-state index in [1.165, 1.54) is 0 Å². The predicted molar refractivity (Wildman–Crippen MR) is 98.3 cm³/mol. The van der Waals surface area contributed by atoms with Gasteiger partial charge in [0.2, 0.25) is 0 Å². The Kier molecular flexibility index (Phi) is 6.07. The highest BCUT2D eigenvalue weighted by molar-refractivity contribution is 5.72. The largest absolute Gasteiger partial charge is 0.497 e. The van der Waals surface area contributed by atoms with Crippen LogP contribution in [0.15, 0.2) is 48.5 Å². The molecule has 0 aliphatic heterocycles. The molecule has 25 heavy (non-hydrogen) atoms. The Morgan fingerprint density at radius 3 is 2.12 bits per heavy atom. The van der Waals surface area contributed by atoms with E-state index in [0.717, 1.165) is 22.6 Å². The Hall–Kier alpha value is -2.49. The van der Waals surface area contributed by atoms with E-state index in [9.17, 15) is 4.79 Å². The summed E-state index contributed by atoms with van der Waals surface area (Å²) in [5.41, 5.74) is 1.53. The van der Waals surface area contributed by atoms with Crippen molar-refractivity contribution in [1.82, 2.24) is 0 Å². The zero-order valence-electron chi connectivity index (χ0n) is 15.5. The Bertz CT molecular complexity index is 699. The number of hydrogen-bond acceptors (Lipinski definition) is 4. The molecule has 2 aromatic rings. The monoisotopic (exact) mass is 342 g/mol. The minimum atomic E-state index is -0.504. The normalized spacial score (nSPS) is 12.4. The van der Waals surface area contributed by atoms with Gasteiger partial charge in [0.05, 0.1) is 20.6 Å². The minimum Gasteiger partial charge on any atom is -0.497 e. The van der Waals surface area contributed by atoms with Gasteiger partial charge in [0.25, 0.3) is 0 Å². The Labute approximate surface area is 149 Å². The average Bonchev–Trinajstić information content (AvgIpc) is 2.58. The van der Waals surface area contributed by atoms with Gasteiger partial charge in [0, 0.05) is 5.92 Å². The Morgan fingerprint density at radius 1 is 0.920 bits per heavy atom. The number of carbonyl (C=O) groups excluding carboxylic acids is 1. The second-order valence-electron chi connectivity index (χ2n) is 6.89. The highest BCUT2D eigenvalue weighted by Crippen LogP contribution is 2.32. The molecule has 0 amide bonds. The van der Waals surface area contributed by atoms with Gasteiger partial charge in [-0.3, -0.25) is 4.79 Å². The maximum absolute atomic E-state index is 12.4. The summed E-state index contributed by atoms with van der Waals surface area (Å²) in [6.07, 6.45) is 0.261. The molecule has 0 unspecified atom stereocenters. The SMILES string of the molecule is COc1ccc([C@H](CC(=O)OC(C)(C)C)c2cccc(OC)c2)cc1. The lowest BCUT2D eigenvalue weighted by Crippen LogP contribution is -2.25. The summed E-state index contributed by atoms with van der Waals surface area (Å²) < 4.78 is 16.1. The molecule has 0 bridgehead atoms. The van der Waals surface area contributed by atoms with Crippen molar-refractivity contribution in [2.45, 2.75) is 38.7 Å². The van der Waals surface area contributed by atoms with Gasteiger partial charge in [-0.1, -0.05) is 24.3 Å². The van der Waals surface area contributed by atoms with Gasteiger partial charge in [-0.2, -0.15) is 0 Å². The average molecular weight is 342 g/mol. The molecule has 0 aliphatic rings. The van der Waals surface area contributed by atoms with Crippen LogP contribution < -0.4 is 9.47 Å². The third-order valence-electron chi connectivity index (χ3n) is 3.81. The van der Waals surface area contributed by atoms with Crippen LogP contribution in [-0.2, 0) is 9.53 Å². The molecule has 0 fully saturated rings. The molecule has 1 atom stereocenters. The molecule has 0 saturated heterocycles. The maximum Gasteiger partial charge on any atom is 0.307 e. The summed E-state index contributed by atoms with van der Waals surface area (Å²) in [6.45, 7) is 5.62. The summed E-state index contributed by atoms with van der Waals surface area (Å²) in [5.74, 6) is 1.21. The molecule has 2 rings (SSSR count). The van der Waals surface area contributed by atoms with E-state index < -0.39 is 5.60 Å². The molecular formula is C21H26O4. The second-order valence-corrected chi connectivity index (χ2v) is 6.89. The predicted octanol–water partition coefficient (Wildman–Crippen LogP) is 4.57. The third-order valence-corrected chi connectivity index (χ3v) is 3.81. The molecule has 0 aliphatic carbocycles. The summed E-state index contributed by atoms with van der Waals surface area (Å²) >= 11 is 0. The minimum absolute atomic E-state index is 0.115. The van der Waals surface area contributed by atoms with Crippen molar-refractivity contribution in [1.29, 1.82) is 0 Å². The van der Waals surface area contributed by atoms with Gasteiger partial charge >= 0.3 is 5.97 Å². The first-order chi connectivity index (χ1) is 11.8. The second kappa shape index (κ2) is 8.06. The van der Waals surface area contributed by atoms with Crippen molar-refractivity contribution in [2.24, 2.45) is 0 Å². The Balaban J connectivity index is 2.34. The molecule has 0 heterocycles. The molecule has 0 spiro atoms. The molecule has 0 radical (unpaired) electrons. The molecule has 2 aromatic carbocycles. The molecule has 0 saturated carbocycles. The fraction of sp³-hybridized carbons (Fsp3) is 0.381. The van der Waals surface area contributed by atoms with Crippen LogP contribution in [0.4, 0.5) is 0 Å². The van der Waals surface area contributed by atoms with Gasteiger partial charge in [-0.05, 0) is 56.2 Å². The van der Waals surface area contributed by atoms with Crippen LogP contribution in [0.2, 0.25) is 0 Å². The standard InChI is InChI=1S/C21H26O4/c1-21(2,3)25-20(22)14-19(15-9-11-17(23-4)12-10-15)16-7-6-8-18(13-16)24-5/h6-13,19H,14H2,1-5H3/t19-/m0/s1. The first kappa shape index (κ1) is 18.8. The number of ether oxygens (including phenoxy) is 3. The van der Waals surface area contributed by atoms with E-state index >= 15 is 0 Å². The summed E-state index contributed by atoms with van der Waals surface area (Å²) in [5, 5.41) is 0. The number of benzene rings is 2. The lowest BCUT2D eigenvalue weighted by molar-refractivity contribution is -0.155. The van der Waals surface area contributed by atoms with Crippen molar-refractivity contribution in [2.75, 3.05) is 14.2 Å². The Morgan fingerprint density at radius 2 is 1.56 bits per heavy atom. The van der Waals surface area contributed by atoms with E-state index in [4.69, 9.17) is 14.2 Å². The van der Waals surface area contributed by atoms with E-state index in [2.05, 4.69) is 0 Å². The molecule has 4 nitrogen and oxygen atoms in total. The van der Waals surface area contributed by atoms with Gasteiger partial charge < -0.3 is 14.2 Å². The zero-order chi connectivity index (χ0) is 18.4. The topological polar surface area (TPSA) is 44.8 Å². The van der Waals surface area contributed by atoms with Crippen LogP contribution in [-0.4, -0.2) is 25.8 Å². The van der Waals surface area contributed by atoms with Gasteiger partial charge in [-0.25, -0.2) is 0 Å². The summed E-state index contributed by atoms with van der Waals surface area (Å²) in [7, 11) is 3.27.